The Bertz CT molecular complexity index is 1280. The third-order valence-electron chi connectivity index (χ3n) is 4.88. The molecule has 0 spiro atoms. The quantitative estimate of drug-likeness (QED) is 0.396. The van der Waals surface area contributed by atoms with Gasteiger partial charge in [0.1, 0.15) is 18.9 Å². The molecule has 1 N–H and O–H groups in total. The molecular formula is C24H22ClF3N2O4S. The van der Waals surface area contributed by atoms with Crippen molar-refractivity contribution in [3.05, 3.63) is 88.9 Å². The number of nitrogens with one attached hydrogen (secondary N) is 1. The average molecular weight is 527 g/mol. The average Bonchev–Trinajstić information content (AvgIpc) is 2.81. The van der Waals surface area contributed by atoms with Crippen LogP contribution >= 0.6 is 11.6 Å². The van der Waals surface area contributed by atoms with E-state index in [9.17, 15) is 26.4 Å². The smallest absolute Gasteiger partial charge is 0.416 e. The zero-order valence-electron chi connectivity index (χ0n) is 18.5. The van der Waals surface area contributed by atoms with Gasteiger partial charge in [0.25, 0.3) is 10.0 Å². The monoisotopic (exact) mass is 526 g/mol. The highest BCUT2D eigenvalue weighted by Crippen LogP contribution is 2.33. The van der Waals surface area contributed by atoms with Crippen LogP contribution in [0.3, 0.4) is 0 Å². The summed E-state index contributed by atoms with van der Waals surface area (Å²) in [5, 5.41) is 2.90. The van der Waals surface area contributed by atoms with E-state index in [4.69, 9.17) is 16.3 Å². The number of rotatable bonds is 9. The van der Waals surface area contributed by atoms with E-state index in [-0.39, 0.29) is 23.7 Å². The number of alkyl halides is 3. The molecule has 0 saturated heterocycles. The van der Waals surface area contributed by atoms with Gasteiger partial charge < -0.3 is 10.1 Å². The number of anilines is 1. The zero-order valence-corrected chi connectivity index (χ0v) is 20.1. The molecular weight excluding hydrogens is 505 g/mol. The predicted octanol–water partition coefficient (Wildman–Crippen LogP) is 5.06. The molecule has 0 radical (unpaired) electrons. The number of hydrogen-bond acceptors (Lipinski definition) is 4. The van der Waals surface area contributed by atoms with Gasteiger partial charge in [-0.15, -0.1) is 0 Å². The minimum Gasteiger partial charge on any atom is -0.490 e. The Kier molecular flexibility index (Phi) is 8.29. The fourth-order valence-electron chi connectivity index (χ4n) is 3.09. The number of amides is 1. The van der Waals surface area contributed by atoms with Crippen molar-refractivity contribution in [3.8, 4) is 5.75 Å². The largest absolute Gasteiger partial charge is 0.490 e. The molecule has 3 rings (SSSR count). The van der Waals surface area contributed by atoms with Crippen LogP contribution in [0.4, 0.5) is 18.9 Å². The van der Waals surface area contributed by atoms with Gasteiger partial charge in [0.2, 0.25) is 5.91 Å². The molecule has 3 aromatic rings. The number of carbonyl (C=O) groups excluding carboxylic acids is 1. The van der Waals surface area contributed by atoms with E-state index in [1.54, 1.807) is 43.3 Å². The fourth-order valence-corrected chi connectivity index (χ4v) is 4.69. The summed E-state index contributed by atoms with van der Waals surface area (Å²) in [7, 11) is -4.35. The van der Waals surface area contributed by atoms with Crippen LogP contribution in [0.1, 0.15) is 11.1 Å². The van der Waals surface area contributed by atoms with E-state index >= 15 is 0 Å². The Balaban J connectivity index is 1.80. The normalized spacial score (nSPS) is 11.7. The van der Waals surface area contributed by atoms with Crippen LogP contribution in [0.5, 0.6) is 5.75 Å². The van der Waals surface area contributed by atoms with E-state index in [1.807, 2.05) is 0 Å². The molecule has 35 heavy (non-hydrogen) atoms. The maximum atomic E-state index is 13.3. The lowest BCUT2D eigenvalue weighted by molar-refractivity contribution is -0.137. The molecule has 0 fully saturated rings. The van der Waals surface area contributed by atoms with Gasteiger partial charge in [-0.2, -0.15) is 13.2 Å². The van der Waals surface area contributed by atoms with Crippen LogP contribution in [0.2, 0.25) is 5.02 Å². The first kappa shape index (κ1) is 26.4. The molecule has 0 aliphatic rings. The van der Waals surface area contributed by atoms with Crippen molar-refractivity contribution in [1.29, 1.82) is 0 Å². The lowest BCUT2D eigenvalue weighted by Crippen LogP contribution is -2.42. The molecule has 1 amide bonds. The van der Waals surface area contributed by atoms with Crippen LogP contribution in [-0.2, 0) is 21.0 Å². The van der Waals surface area contributed by atoms with Gasteiger partial charge in [-0.3, -0.25) is 9.10 Å². The van der Waals surface area contributed by atoms with Gasteiger partial charge in [-0.05, 0) is 49.4 Å². The van der Waals surface area contributed by atoms with Crippen LogP contribution in [0, 0.1) is 6.92 Å². The van der Waals surface area contributed by atoms with Gasteiger partial charge >= 0.3 is 6.18 Å². The third kappa shape index (κ3) is 6.89. The first-order valence-corrected chi connectivity index (χ1v) is 12.2. The predicted molar refractivity (Wildman–Crippen MR) is 127 cm³/mol. The Labute approximate surface area is 206 Å². The number of carbonyl (C=O) groups is 1. The first-order valence-electron chi connectivity index (χ1n) is 10.4. The molecule has 11 heteroatoms. The van der Waals surface area contributed by atoms with Crippen molar-refractivity contribution in [2.24, 2.45) is 0 Å². The molecule has 0 heterocycles. The van der Waals surface area contributed by atoms with E-state index in [1.165, 1.54) is 18.2 Å². The number of para-hydroxylation sites is 1. The molecule has 0 saturated carbocycles. The molecule has 0 bridgehead atoms. The molecule has 0 aliphatic heterocycles. The zero-order chi connectivity index (χ0) is 25.6. The van der Waals surface area contributed by atoms with Crippen molar-refractivity contribution in [2.45, 2.75) is 18.0 Å². The van der Waals surface area contributed by atoms with Crippen molar-refractivity contribution < 1.29 is 31.1 Å². The molecule has 0 atom stereocenters. The summed E-state index contributed by atoms with van der Waals surface area (Å²) >= 11 is 6.00. The summed E-state index contributed by atoms with van der Waals surface area (Å²) in [6, 6.07) is 16.3. The first-order chi connectivity index (χ1) is 16.5. The van der Waals surface area contributed by atoms with Crippen LogP contribution in [0.25, 0.3) is 0 Å². The van der Waals surface area contributed by atoms with Gasteiger partial charge in [-0.1, -0.05) is 47.5 Å². The van der Waals surface area contributed by atoms with E-state index in [2.05, 4.69) is 5.32 Å². The number of ether oxygens (including phenoxy) is 1. The molecule has 0 aliphatic carbocycles. The summed E-state index contributed by atoms with van der Waals surface area (Å²) in [6.07, 6.45) is -4.69. The van der Waals surface area contributed by atoms with Crippen LogP contribution in [0.15, 0.2) is 77.7 Å². The van der Waals surface area contributed by atoms with Crippen molar-refractivity contribution >= 4 is 33.2 Å². The molecule has 3 aromatic carbocycles. The molecule has 0 aromatic heterocycles. The van der Waals surface area contributed by atoms with Crippen LogP contribution < -0.4 is 14.4 Å². The van der Waals surface area contributed by atoms with Gasteiger partial charge in [0.15, 0.2) is 0 Å². The summed E-state index contributed by atoms with van der Waals surface area (Å²) in [5.74, 6) is -0.309. The highest BCUT2D eigenvalue weighted by atomic mass is 35.5. The van der Waals surface area contributed by atoms with Crippen molar-refractivity contribution in [3.63, 3.8) is 0 Å². The van der Waals surface area contributed by atoms with Crippen LogP contribution in [-0.4, -0.2) is 34.0 Å². The summed E-state index contributed by atoms with van der Waals surface area (Å²) in [4.78, 5) is 12.4. The number of aryl methyl sites for hydroxylation is 1. The highest BCUT2D eigenvalue weighted by molar-refractivity contribution is 7.92. The Morgan fingerprint density at radius 1 is 1.03 bits per heavy atom. The SMILES string of the molecule is Cc1ccc(S(=O)(=O)N(CC(=O)NCCOc2ccccc2Cl)c2cccc(C(F)(F)F)c2)cc1. The lowest BCUT2D eigenvalue weighted by Gasteiger charge is -2.25. The topological polar surface area (TPSA) is 75.7 Å². The fraction of sp³-hybridized carbons (Fsp3) is 0.208. The summed E-state index contributed by atoms with van der Waals surface area (Å²) < 4.78 is 72.5. The maximum absolute atomic E-state index is 13.3. The Morgan fingerprint density at radius 3 is 2.37 bits per heavy atom. The molecule has 6 nitrogen and oxygen atoms in total. The van der Waals surface area contributed by atoms with Gasteiger partial charge in [-0.25, -0.2) is 8.42 Å². The second-order valence-corrected chi connectivity index (χ2v) is 9.77. The van der Waals surface area contributed by atoms with Gasteiger partial charge in [0.05, 0.1) is 27.7 Å². The lowest BCUT2D eigenvalue weighted by atomic mass is 10.2. The maximum Gasteiger partial charge on any atom is 0.416 e. The Hall–Kier alpha value is -3.24. The number of halogens is 4. The summed E-state index contributed by atoms with van der Waals surface area (Å²) in [5.41, 5.74) is -0.527. The summed E-state index contributed by atoms with van der Waals surface area (Å²) in [6.45, 7) is 1.09. The number of benzene rings is 3. The Morgan fingerprint density at radius 2 is 1.71 bits per heavy atom. The number of nitrogens with zero attached hydrogens (tertiary/aromatic N) is 1. The standard InChI is InChI=1S/C24H22ClF3N2O4S/c1-17-9-11-20(12-10-17)35(32,33)30(19-6-4-5-18(15-19)24(26,27)28)16-23(31)29-13-14-34-22-8-3-2-7-21(22)25/h2-12,15H,13-14,16H2,1H3,(H,29,31). The van der Waals surface area contributed by atoms with E-state index in [0.29, 0.717) is 21.1 Å². The van der Waals surface area contributed by atoms with E-state index in [0.717, 1.165) is 17.7 Å². The van der Waals surface area contributed by atoms with Gasteiger partial charge in [0, 0.05) is 0 Å². The molecule has 186 valence electrons. The second kappa shape index (κ2) is 11.0. The third-order valence-corrected chi connectivity index (χ3v) is 6.98. The van der Waals surface area contributed by atoms with Crippen molar-refractivity contribution in [1.82, 2.24) is 5.32 Å². The minimum absolute atomic E-state index is 0.0189. The molecule has 0 unspecified atom stereocenters. The van der Waals surface area contributed by atoms with Crippen molar-refractivity contribution in [2.75, 3.05) is 24.0 Å². The number of sulfonamides is 1. The van der Waals surface area contributed by atoms with E-state index < -0.39 is 34.2 Å². The minimum atomic E-state index is -4.69. The second-order valence-electron chi connectivity index (χ2n) is 7.50. The number of hydrogen-bond donors (Lipinski definition) is 1. The highest BCUT2D eigenvalue weighted by Gasteiger charge is 2.33.